The molecule has 0 spiro atoms. The lowest BCUT2D eigenvalue weighted by atomic mass is 9.86. The molecule has 5 N–H and O–H groups in total. The van der Waals surface area contributed by atoms with Crippen LogP contribution in [-0.2, 0) is 9.53 Å². The molecule has 1 aliphatic heterocycles. The van der Waals surface area contributed by atoms with Crippen LogP contribution in [0.4, 0.5) is 5.82 Å². The molecular weight excluding hydrogens is 388 g/mol. The number of aliphatic hydroxyl groups excluding tert-OH is 2. The zero-order chi connectivity index (χ0) is 21.1. The van der Waals surface area contributed by atoms with Crippen LogP contribution < -0.4 is 11.1 Å². The summed E-state index contributed by atoms with van der Waals surface area (Å²) >= 11 is 0. The summed E-state index contributed by atoms with van der Waals surface area (Å²) in [6.07, 6.45) is 8.85. The van der Waals surface area contributed by atoms with Gasteiger partial charge < -0.3 is 26.0 Å². The van der Waals surface area contributed by atoms with Crippen LogP contribution in [0.25, 0.3) is 11.2 Å². The van der Waals surface area contributed by atoms with E-state index in [0.29, 0.717) is 17.6 Å². The van der Waals surface area contributed by atoms with Gasteiger partial charge in [-0.3, -0.25) is 9.36 Å². The van der Waals surface area contributed by atoms with E-state index < -0.39 is 24.5 Å². The van der Waals surface area contributed by atoms with Crippen molar-refractivity contribution >= 4 is 22.9 Å². The molecule has 0 radical (unpaired) electrons. The highest BCUT2D eigenvalue weighted by atomic mass is 16.5. The van der Waals surface area contributed by atoms with Gasteiger partial charge in [0.05, 0.1) is 19.0 Å². The monoisotopic (exact) mass is 418 g/mol. The normalized spacial score (nSPS) is 27.5. The molecule has 2 fully saturated rings. The van der Waals surface area contributed by atoms with Crippen LogP contribution in [0.3, 0.4) is 0 Å². The smallest absolute Gasteiger partial charge is 0.220 e. The van der Waals surface area contributed by atoms with Crippen LogP contribution >= 0.6 is 0 Å². The maximum Gasteiger partial charge on any atom is 0.220 e. The number of ether oxygens (including phenoxy) is 1. The molecule has 0 aromatic carbocycles. The molecule has 2 aromatic rings. The van der Waals surface area contributed by atoms with Crippen molar-refractivity contribution in [3.63, 3.8) is 0 Å². The quantitative estimate of drug-likeness (QED) is 0.518. The fraction of sp³-hybridized carbons (Fsp3) is 0.700. The van der Waals surface area contributed by atoms with Gasteiger partial charge in [-0.05, 0) is 18.8 Å². The molecule has 1 amide bonds. The second-order valence-corrected chi connectivity index (χ2v) is 8.31. The molecule has 4 rings (SSSR count). The number of fused-ring (bicyclic) bond motifs is 1. The lowest BCUT2D eigenvalue weighted by Gasteiger charge is -2.22. The Morgan fingerprint density at radius 2 is 2.07 bits per heavy atom. The van der Waals surface area contributed by atoms with Gasteiger partial charge >= 0.3 is 0 Å². The van der Waals surface area contributed by atoms with Gasteiger partial charge in [0, 0.05) is 6.42 Å². The van der Waals surface area contributed by atoms with Gasteiger partial charge in [-0.15, -0.1) is 0 Å². The summed E-state index contributed by atoms with van der Waals surface area (Å²) in [6, 6.07) is -0.723. The molecule has 1 saturated heterocycles. The molecule has 2 aliphatic rings. The Hall–Kier alpha value is -2.30. The first-order chi connectivity index (χ1) is 14.6. The van der Waals surface area contributed by atoms with E-state index in [4.69, 9.17) is 10.5 Å². The first kappa shape index (κ1) is 21.0. The van der Waals surface area contributed by atoms with Crippen molar-refractivity contribution in [1.29, 1.82) is 0 Å². The second-order valence-electron chi connectivity index (χ2n) is 8.31. The zero-order valence-corrected chi connectivity index (χ0v) is 17.0. The Kier molecular flexibility index (Phi) is 6.45. The number of nitrogens with zero attached hydrogens (tertiary/aromatic N) is 4. The minimum absolute atomic E-state index is 0.139. The van der Waals surface area contributed by atoms with E-state index in [1.54, 1.807) is 4.57 Å². The minimum Gasteiger partial charge on any atom is -0.394 e. The van der Waals surface area contributed by atoms with E-state index in [-0.39, 0.29) is 18.3 Å². The number of nitrogen functional groups attached to an aromatic ring is 1. The number of carbonyl (C=O) groups excluding carboxylic acids is 1. The molecule has 10 heteroatoms. The van der Waals surface area contributed by atoms with E-state index in [2.05, 4.69) is 20.3 Å². The summed E-state index contributed by atoms with van der Waals surface area (Å²) in [6.45, 7) is -0.329. The topological polar surface area (TPSA) is 148 Å². The predicted molar refractivity (Wildman–Crippen MR) is 109 cm³/mol. The number of rotatable bonds is 7. The molecule has 0 unspecified atom stereocenters. The number of anilines is 1. The summed E-state index contributed by atoms with van der Waals surface area (Å²) in [4.78, 5) is 24.7. The standard InChI is InChI=1S/C20H30N6O4/c21-18-16-19(23-10-22-18)26(11-24-16)20-17(29)15(13(9-27)30-20)25-14(28)8-4-7-12-5-2-1-3-6-12/h10-13,15,17,20,27,29H,1-9H2,(H,25,28)(H2,21,22,23)/t13-,15+,17-,20-/m1/s1. The summed E-state index contributed by atoms with van der Waals surface area (Å²) in [5, 5.41) is 23.4. The number of aliphatic hydroxyl groups is 2. The summed E-state index contributed by atoms with van der Waals surface area (Å²) in [5.41, 5.74) is 6.65. The average molecular weight is 418 g/mol. The molecular formula is C20H30N6O4. The van der Waals surface area contributed by atoms with Crippen LogP contribution in [-0.4, -0.2) is 60.5 Å². The van der Waals surface area contributed by atoms with Crippen LogP contribution in [0.1, 0.15) is 57.6 Å². The number of nitrogens with one attached hydrogen (secondary N) is 1. The van der Waals surface area contributed by atoms with Crippen molar-refractivity contribution < 1.29 is 19.7 Å². The van der Waals surface area contributed by atoms with Crippen LogP contribution in [0, 0.1) is 5.92 Å². The van der Waals surface area contributed by atoms with Crippen molar-refractivity contribution in [2.24, 2.45) is 5.92 Å². The van der Waals surface area contributed by atoms with E-state index in [9.17, 15) is 15.0 Å². The van der Waals surface area contributed by atoms with Gasteiger partial charge in [0.2, 0.25) is 5.91 Å². The SMILES string of the molecule is Nc1ncnc2c1ncn2[C@@H]1O[C@H](CO)[C@H](NC(=O)CCCC2CCCCC2)[C@H]1O. The lowest BCUT2D eigenvalue weighted by Crippen LogP contribution is -2.48. The molecule has 164 valence electrons. The van der Waals surface area contributed by atoms with Gasteiger partial charge in [0.1, 0.15) is 24.1 Å². The zero-order valence-electron chi connectivity index (χ0n) is 17.0. The van der Waals surface area contributed by atoms with Crippen LogP contribution in [0.5, 0.6) is 0 Å². The van der Waals surface area contributed by atoms with Crippen molar-refractivity contribution in [3.05, 3.63) is 12.7 Å². The molecule has 1 saturated carbocycles. The summed E-state index contributed by atoms with van der Waals surface area (Å²) < 4.78 is 7.39. The summed E-state index contributed by atoms with van der Waals surface area (Å²) in [7, 11) is 0. The van der Waals surface area contributed by atoms with Gasteiger partial charge in [0.15, 0.2) is 17.7 Å². The highest BCUT2D eigenvalue weighted by molar-refractivity contribution is 5.81. The Morgan fingerprint density at radius 1 is 1.27 bits per heavy atom. The number of imidazole rings is 1. The largest absolute Gasteiger partial charge is 0.394 e. The van der Waals surface area contributed by atoms with Crippen LogP contribution in [0.2, 0.25) is 0 Å². The van der Waals surface area contributed by atoms with Crippen molar-refractivity contribution in [3.8, 4) is 0 Å². The Bertz CT molecular complexity index is 868. The predicted octanol–water partition coefficient (Wildman–Crippen LogP) is 0.894. The first-order valence-electron chi connectivity index (χ1n) is 10.7. The number of hydrogen-bond acceptors (Lipinski definition) is 8. The van der Waals surface area contributed by atoms with Gasteiger partial charge in [-0.25, -0.2) is 15.0 Å². The maximum atomic E-state index is 12.5. The van der Waals surface area contributed by atoms with Gasteiger partial charge in [0.25, 0.3) is 0 Å². The molecule has 0 bridgehead atoms. The van der Waals surface area contributed by atoms with Gasteiger partial charge in [-0.2, -0.15) is 0 Å². The molecule has 1 aliphatic carbocycles. The highest BCUT2D eigenvalue weighted by Gasteiger charge is 2.45. The molecule has 4 atom stereocenters. The van der Waals surface area contributed by atoms with Gasteiger partial charge in [-0.1, -0.05) is 32.1 Å². The fourth-order valence-electron chi connectivity index (χ4n) is 4.65. The lowest BCUT2D eigenvalue weighted by molar-refractivity contribution is -0.123. The maximum absolute atomic E-state index is 12.5. The molecule has 10 nitrogen and oxygen atoms in total. The number of amides is 1. The van der Waals surface area contributed by atoms with E-state index in [0.717, 1.165) is 18.8 Å². The van der Waals surface area contributed by atoms with Crippen LogP contribution in [0.15, 0.2) is 12.7 Å². The minimum atomic E-state index is -1.07. The third-order valence-electron chi connectivity index (χ3n) is 6.28. The number of aromatic nitrogens is 4. The number of carbonyl (C=O) groups is 1. The first-order valence-corrected chi connectivity index (χ1v) is 10.7. The Labute approximate surface area is 174 Å². The molecule has 2 aromatic heterocycles. The van der Waals surface area contributed by atoms with E-state index in [1.807, 2.05) is 0 Å². The van der Waals surface area contributed by atoms with Crippen molar-refractivity contribution in [2.75, 3.05) is 12.3 Å². The third kappa shape index (κ3) is 4.26. The summed E-state index contributed by atoms with van der Waals surface area (Å²) in [5.74, 6) is 0.817. The van der Waals surface area contributed by atoms with Crippen molar-refractivity contribution in [2.45, 2.75) is 75.8 Å². The number of hydrogen-bond donors (Lipinski definition) is 4. The molecule has 30 heavy (non-hydrogen) atoms. The molecule has 3 heterocycles. The number of nitrogens with two attached hydrogens (primary N) is 1. The second kappa shape index (κ2) is 9.23. The van der Waals surface area contributed by atoms with E-state index in [1.165, 1.54) is 44.8 Å². The Balaban J connectivity index is 1.38. The van der Waals surface area contributed by atoms with E-state index >= 15 is 0 Å². The highest BCUT2D eigenvalue weighted by Crippen LogP contribution is 2.32. The fourth-order valence-corrected chi connectivity index (χ4v) is 4.65. The average Bonchev–Trinajstić information content (AvgIpc) is 3.31. The van der Waals surface area contributed by atoms with Crippen molar-refractivity contribution in [1.82, 2.24) is 24.8 Å². The third-order valence-corrected chi connectivity index (χ3v) is 6.28. The Morgan fingerprint density at radius 3 is 2.83 bits per heavy atom.